The van der Waals surface area contributed by atoms with Crippen LogP contribution in [0.4, 0.5) is 4.39 Å². The molecule has 110 valence electrons. The molecule has 0 aromatic heterocycles. The lowest BCUT2D eigenvalue weighted by Crippen LogP contribution is -2.55. The molecule has 2 rings (SSSR count). The number of ether oxygens (including phenoxy) is 1. The smallest absolute Gasteiger partial charge is 0.260 e. The van der Waals surface area contributed by atoms with Crippen molar-refractivity contribution in [3.05, 3.63) is 29.6 Å². The van der Waals surface area contributed by atoms with Crippen LogP contribution in [-0.2, 0) is 4.74 Å². The zero-order valence-corrected chi connectivity index (χ0v) is 11.5. The number of carbonyl (C=O) groups is 1. The molecule has 1 saturated heterocycles. The molecule has 1 atom stereocenters. The minimum Gasteiger partial charge on any atom is -0.507 e. The van der Waals surface area contributed by atoms with Crippen molar-refractivity contribution in [2.75, 3.05) is 19.7 Å². The summed E-state index contributed by atoms with van der Waals surface area (Å²) in [4.78, 5) is 13.8. The molecule has 20 heavy (non-hydrogen) atoms. The third-order valence-corrected chi connectivity index (χ3v) is 3.18. The van der Waals surface area contributed by atoms with Crippen LogP contribution in [0.1, 0.15) is 24.2 Å². The predicted octanol–water partition coefficient (Wildman–Crippen LogP) is 1.14. The number of aromatic hydroxyl groups is 1. The van der Waals surface area contributed by atoms with Gasteiger partial charge in [0.25, 0.3) is 5.91 Å². The molecular formula is C14H18FNO4. The number of rotatable bonds is 2. The largest absolute Gasteiger partial charge is 0.507 e. The van der Waals surface area contributed by atoms with E-state index in [0.717, 1.165) is 6.07 Å². The number of benzene rings is 1. The molecular weight excluding hydrogens is 265 g/mol. The van der Waals surface area contributed by atoms with E-state index in [1.807, 2.05) is 0 Å². The fourth-order valence-corrected chi connectivity index (χ4v) is 2.43. The van der Waals surface area contributed by atoms with Crippen molar-refractivity contribution in [2.24, 2.45) is 0 Å². The van der Waals surface area contributed by atoms with Crippen LogP contribution in [0.25, 0.3) is 0 Å². The van der Waals surface area contributed by atoms with E-state index in [2.05, 4.69) is 0 Å². The fourth-order valence-electron chi connectivity index (χ4n) is 2.43. The fraction of sp³-hybridized carbons (Fsp3) is 0.500. The summed E-state index contributed by atoms with van der Waals surface area (Å²) >= 11 is 0. The van der Waals surface area contributed by atoms with Gasteiger partial charge in [0, 0.05) is 13.1 Å². The lowest BCUT2D eigenvalue weighted by atomic mass is 10.0. The highest BCUT2D eigenvalue weighted by atomic mass is 19.1. The molecule has 2 N–H and O–H groups in total. The second-order valence-electron chi connectivity index (χ2n) is 5.50. The molecule has 0 aliphatic carbocycles. The van der Waals surface area contributed by atoms with E-state index in [-0.39, 0.29) is 31.0 Å². The van der Waals surface area contributed by atoms with Crippen LogP contribution in [0.5, 0.6) is 5.75 Å². The first-order chi connectivity index (χ1) is 9.34. The molecule has 1 aromatic rings. The molecule has 1 aliphatic rings. The average Bonchev–Trinajstić information content (AvgIpc) is 2.36. The van der Waals surface area contributed by atoms with Crippen molar-refractivity contribution in [3.63, 3.8) is 0 Å². The molecule has 1 fully saturated rings. The normalized spacial score (nSPS) is 21.8. The zero-order valence-electron chi connectivity index (χ0n) is 11.5. The van der Waals surface area contributed by atoms with Gasteiger partial charge in [0.15, 0.2) is 0 Å². The second-order valence-corrected chi connectivity index (χ2v) is 5.50. The van der Waals surface area contributed by atoms with Gasteiger partial charge in [-0.1, -0.05) is 6.07 Å². The Morgan fingerprint density at radius 1 is 1.55 bits per heavy atom. The van der Waals surface area contributed by atoms with Crippen molar-refractivity contribution in [3.8, 4) is 5.75 Å². The minimum atomic E-state index is -0.764. The molecule has 1 amide bonds. The lowest BCUT2D eigenvalue weighted by Gasteiger charge is -2.42. The third kappa shape index (κ3) is 2.91. The molecule has 0 saturated carbocycles. The van der Waals surface area contributed by atoms with Gasteiger partial charge in [-0.2, -0.15) is 0 Å². The molecule has 6 heteroatoms. The Kier molecular flexibility index (Phi) is 3.96. The van der Waals surface area contributed by atoms with E-state index in [4.69, 9.17) is 4.74 Å². The van der Waals surface area contributed by atoms with Gasteiger partial charge in [-0.05, 0) is 26.0 Å². The second kappa shape index (κ2) is 5.38. The summed E-state index contributed by atoms with van der Waals surface area (Å²) in [6.45, 7) is 3.77. The van der Waals surface area contributed by atoms with Gasteiger partial charge in [0.1, 0.15) is 17.1 Å². The molecule has 1 aromatic carbocycles. The number of halogens is 1. The standard InChI is InChI=1S/C14H18FNO4/c1-14(2)8-16(6-9(7-17)20-14)13(19)12-10(15)4-3-5-11(12)18/h3-5,9,17-18H,6-8H2,1-2H3. The van der Waals surface area contributed by atoms with Crippen molar-refractivity contribution < 1.29 is 24.1 Å². The Morgan fingerprint density at radius 3 is 2.85 bits per heavy atom. The Balaban J connectivity index is 2.28. The number of aliphatic hydroxyl groups excluding tert-OH is 1. The van der Waals surface area contributed by atoms with Crippen LogP contribution in [-0.4, -0.2) is 52.4 Å². The number of amides is 1. The number of nitrogens with zero attached hydrogens (tertiary/aromatic N) is 1. The minimum absolute atomic E-state index is 0.159. The highest BCUT2D eigenvalue weighted by Crippen LogP contribution is 2.26. The van der Waals surface area contributed by atoms with Gasteiger partial charge in [-0.3, -0.25) is 4.79 Å². The number of carbonyl (C=O) groups excluding carboxylic acids is 1. The van der Waals surface area contributed by atoms with Gasteiger partial charge in [-0.25, -0.2) is 4.39 Å². The predicted molar refractivity (Wildman–Crippen MR) is 70.0 cm³/mol. The summed E-state index contributed by atoms with van der Waals surface area (Å²) in [5, 5.41) is 18.9. The van der Waals surface area contributed by atoms with Crippen molar-refractivity contribution in [1.82, 2.24) is 4.90 Å². The monoisotopic (exact) mass is 283 g/mol. The summed E-state index contributed by atoms with van der Waals surface area (Å²) in [5.41, 5.74) is -0.982. The van der Waals surface area contributed by atoms with Gasteiger partial charge >= 0.3 is 0 Å². The van der Waals surface area contributed by atoms with E-state index < -0.39 is 23.4 Å². The van der Waals surface area contributed by atoms with Gasteiger partial charge in [-0.15, -0.1) is 0 Å². The van der Waals surface area contributed by atoms with E-state index in [0.29, 0.717) is 0 Å². The summed E-state index contributed by atoms with van der Waals surface area (Å²) in [5.74, 6) is -1.75. The maximum absolute atomic E-state index is 13.7. The number of morpholine rings is 1. The van der Waals surface area contributed by atoms with Crippen molar-refractivity contribution in [2.45, 2.75) is 25.6 Å². The maximum atomic E-state index is 13.7. The van der Waals surface area contributed by atoms with Gasteiger partial charge in [0.05, 0.1) is 18.3 Å². The molecule has 5 nitrogen and oxygen atoms in total. The van der Waals surface area contributed by atoms with Crippen LogP contribution in [0, 0.1) is 5.82 Å². The van der Waals surface area contributed by atoms with Crippen molar-refractivity contribution in [1.29, 1.82) is 0 Å². The zero-order chi connectivity index (χ0) is 14.9. The number of aliphatic hydroxyl groups is 1. The molecule has 1 unspecified atom stereocenters. The van der Waals surface area contributed by atoms with Crippen LogP contribution >= 0.6 is 0 Å². The Morgan fingerprint density at radius 2 is 2.25 bits per heavy atom. The summed E-state index contributed by atoms with van der Waals surface area (Å²) in [6.07, 6.45) is -0.517. The summed E-state index contributed by atoms with van der Waals surface area (Å²) in [6, 6.07) is 3.73. The number of hydrogen-bond acceptors (Lipinski definition) is 4. The topological polar surface area (TPSA) is 70.0 Å². The number of hydrogen-bond donors (Lipinski definition) is 2. The lowest BCUT2D eigenvalue weighted by molar-refractivity contribution is -0.139. The highest BCUT2D eigenvalue weighted by Gasteiger charge is 2.36. The van der Waals surface area contributed by atoms with Crippen LogP contribution in [0.15, 0.2) is 18.2 Å². The average molecular weight is 283 g/mol. The van der Waals surface area contributed by atoms with Crippen molar-refractivity contribution >= 4 is 5.91 Å². The summed E-state index contributed by atoms with van der Waals surface area (Å²) in [7, 11) is 0. The number of phenolic OH excluding ortho intramolecular Hbond substituents is 1. The third-order valence-electron chi connectivity index (χ3n) is 3.18. The first kappa shape index (κ1) is 14.7. The summed E-state index contributed by atoms with van der Waals surface area (Å²) < 4.78 is 19.3. The Bertz CT molecular complexity index is 498. The molecule has 0 radical (unpaired) electrons. The highest BCUT2D eigenvalue weighted by molar-refractivity contribution is 5.97. The quantitative estimate of drug-likeness (QED) is 0.854. The molecule has 1 aliphatic heterocycles. The van der Waals surface area contributed by atoms with E-state index in [1.165, 1.54) is 17.0 Å². The van der Waals surface area contributed by atoms with Gasteiger partial charge in [0.2, 0.25) is 0 Å². The first-order valence-electron chi connectivity index (χ1n) is 6.39. The van der Waals surface area contributed by atoms with Gasteiger partial charge < -0.3 is 19.8 Å². The van der Waals surface area contributed by atoms with E-state index in [9.17, 15) is 19.4 Å². The molecule has 0 spiro atoms. The molecule has 0 bridgehead atoms. The van der Waals surface area contributed by atoms with Crippen LogP contribution < -0.4 is 0 Å². The Hall–Kier alpha value is -1.66. The van der Waals surface area contributed by atoms with E-state index >= 15 is 0 Å². The first-order valence-corrected chi connectivity index (χ1v) is 6.39. The SMILES string of the molecule is CC1(C)CN(C(=O)c2c(O)cccc2F)CC(CO)O1. The number of phenols is 1. The Labute approximate surface area is 116 Å². The molecule has 1 heterocycles. The maximum Gasteiger partial charge on any atom is 0.260 e. The van der Waals surface area contributed by atoms with Crippen LogP contribution in [0.2, 0.25) is 0 Å². The van der Waals surface area contributed by atoms with E-state index in [1.54, 1.807) is 13.8 Å². The van der Waals surface area contributed by atoms with Crippen LogP contribution in [0.3, 0.4) is 0 Å².